The summed E-state index contributed by atoms with van der Waals surface area (Å²) >= 11 is 0. The molecule has 1 atom stereocenters. The fourth-order valence-electron chi connectivity index (χ4n) is 2.61. The Bertz CT molecular complexity index is 250. The van der Waals surface area contributed by atoms with E-state index in [4.69, 9.17) is 5.11 Å². The van der Waals surface area contributed by atoms with Gasteiger partial charge in [-0.05, 0) is 24.7 Å². The van der Waals surface area contributed by atoms with Gasteiger partial charge < -0.3 is 5.11 Å². The number of carbonyl (C=O) groups is 1. The van der Waals surface area contributed by atoms with Crippen molar-refractivity contribution in [3.05, 3.63) is 12.2 Å². The van der Waals surface area contributed by atoms with E-state index in [1.165, 1.54) is 32.1 Å². The Labute approximate surface area is 105 Å². The third kappa shape index (κ3) is 5.38. The average molecular weight is 238 g/mol. The van der Waals surface area contributed by atoms with Crippen molar-refractivity contribution >= 4 is 5.97 Å². The quantitative estimate of drug-likeness (QED) is 0.702. The summed E-state index contributed by atoms with van der Waals surface area (Å²) in [6, 6.07) is 0. The van der Waals surface area contributed by atoms with E-state index >= 15 is 0 Å². The molecule has 0 aliphatic heterocycles. The second kappa shape index (κ2) is 7.52. The molecule has 0 unspecified atom stereocenters. The zero-order valence-electron chi connectivity index (χ0n) is 11.2. The summed E-state index contributed by atoms with van der Waals surface area (Å²) in [5.41, 5.74) is 0. The smallest absolute Gasteiger partial charge is 0.307 e. The molecule has 1 N–H and O–H groups in total. The number of carboxylic acid groups (broad SMARTS) is 1. The standard InChI is InChI=1S/C15H26O2/c1-12(2)14(15(16)17)11-7-6-10-13-8-4-3-5-9-13/h6-7,12-14H,3-5,8-11H2,1-2H3,(H,16,17)/b7-6+/t14-/m1/s1. The highest BCUT2D eigenvalue weighted by atomic mass is 16.4. The average Bonchev–Trinajstić information content (AvgIpc) is 2.29. The number of aliphatic carboxylic acids is 1. The van der Waals surface area contributed by atoms with Gasteiger partial charge >= 0.3 is 5.97 Å². The Kier molecular flexibility index (Phi) is 6.31. The SMILES string of the molecule is CC(C)[C@@H](C/C=C/CC1CCCCC1)C(=O)O. The molecule has 0 aromatic heterocycles. The van der Waals surface area contributed by atoms with Crippen molar-refractivity contribution in [2.75, 3.05) is 0 Å². The molecule has 0 spiro atoms. The van der Waals surface area contributed by atoms with Crippen LogP contribution >= 0.6 is 0 Å². The van der Waals surface area contributed by atoms with Gasteiger partial charge in [0.25, 0.3) is 0 Å². The van der Waals surface area contributed by atoms with Gasteiger partial charge in [0.15, 0.2) is 0 Å². The first-order valence-electron chi connectivity index (χ1n) is 6.99. The van der Waals surface area contributed by atoms with Gasteiger partial charge in [-0.25, -0.2) is 0 Å². The van der Waals surface area contributed by atoms with Gasteiger partial charge in [0.05, 0.1) is 5.92 Å². The van der Waals surface area contributed by atoms with Crippen LogP contribution in [0.15, 0.2) is 12.2 Å². The lowest BCUT2D eigenvalue weighted by Gasteiger charge is -2.19. The molecular weight excluding hydrogens is 212 g/mol. The highest BCUT2D eigenvalue weighted by molar-refractivity contribution is 5.70. The van der Waals surface area contributed by atoms with Crippen LogP contribution in [0.5, 0.6) is 0 Å². The zero-order valence-corrected chi connectivity index (χ0v) is 11.2. The lowest BCUT2D eigenvalue weighted by atomic mass is 9.86. The molecule has 17 heavy (non-hydrogen) atoms. The third-order valence-electron chi connectivity index (χ3n) is 3.87. The maximum atomic E-state index is 11.0. The molecule has 0 aromatic carbocycles. The van der Waals surface area contributed by atoms with Crippen LogP contribution in [0.4, 0.5) is 0 Å². The van der Waals surface area contributed by atoms with Crippen LogP contribution in [-0.4, -0.2) is 11.1 Å². The summed E-state index contributed by atoms with van der Waals surface area (Å²) in [5.74, 6) is 0.175. The molecule has 0 radical (unpaired) electrons. The maximum absolute atomic E-state index is 11.0. The summed E-state index contributed by atoms with van der Waals surface area (Å²) in [5, 5.41) is 9.06. The van der Waals surface area contributed by atoms with Gasteiger partial charge in [-0.15, -0.1) is 0 Å². The van der Waals surface area contributed by atoms with Crippen LogP contribution in [0.2, 0.25) is 0 Å². The number of allylic oxidation sites excluding steroid dienone is 2. The van der Waals surface area contributed by atoms with Gasteiger partial charge in [0.1, 0.15) is 0 Å². The second-order valence-electron chi connectivity index (χ2n) is 5.64. The molecule has 1 aliphatic carbocycles. The van der Waals surface area contributed by atoms with Crippen LogP contribution in [0, 0.1) is 17.8 Å². The van der Waals surface area contributed by atoms with Gasteiger partial charge in [0.2, 0.25) is 0 Å². The monoisotopic (exact) mass is 238 g/mol. The molecule has 0 amide bonds. The minimum absolute atomic E-state index is 0.215. The summed E-state index contributed by atoms with van der Waals surface area (Å²) < 4.78 is 0. The van der Waals surface area contributed by atoms with Crippen LogP contribution in [0.3, 0.4) is 0 Å². The van der Waals surface area contributed by atoms with E-state index in [-0.39, 0.29) is 11.8 Å². The van der Waals surface area contributed by atoms with E-state index in [2.05, 4.69) is 12.2 Å². The normalized spacial score (nSPS) is 19.9. The zero-order chi connectivity index (χ0) is 12.7. The van der Waals surface area contributed by atoms with Crippen molar-refractivity contribution < 1.29 is 9.90 Å². The van der Waals surface area contributed by atoms with Crippen molar-refractivity contribution in [1.29, 1.82) is 0 Å². The van der Waals surface area contributed by atoms with E-state index < -0.39 is 5.97 Å². The molecule has 0 aromatic rings. The first-order valence-corrected chi connectivity index (χ1v) is 6.99. The lowest BCUT2D eigenvalue weighted by Crippen LogP contribution is -2.18. The Morgan fingerprint density at radius 1 is 1.24 bits per heavy atom. The number of rotatable bonds is 6. The first kappa shape index (κ1) is 14.3. The van der Waals surface area contributed by atoms with Crippen LogP contribution in [-0.2, 0) is 4.79 Å². The molecular formula is C15H26O2. The first-order chi connectivity index (χ1) is 8.11. The van der Waals surface area contributed by atoms with Gasteiger partial charge in [-0.2, -0.15) is 0 Å². The molecule has 98 valence electrons. The van der Waals surface area contributed by atoms with Crippen LogP contribution < -0.4 is 0 Å². The molecule has 2 heteroatoms. The molecule has 2 nitrogen and oxygen atoms in total. The largest absolute Gasteiger partial charge is 0.481 e. The number of hydrogen-bond acceptors (Lipinski definition) is 1. The van der Waals surface area contributed by atoms with Crippen molar-refractivity contribution in [1.82, 2.24) is 0 Å². The number of hydrogen-bond donors (Lipinski definition) is 1. The minimum Gasteiger partial charge on any atom is -0.481 e. The topological polar surface area (TPSA) is 37.3 Å². The van der Waals surface area contributed by atoms with Crippen LogP contribution in [0.25, 0.3) is 0 Å². The van der Waals surface area contributed by atoms with Crippen molar-refractivity contribution in [2.24, 2.45) is 17.8 Å². The fraction of sp³-hybridized carbons (Fsp3) is 0.800. The Morgan fingerprint density at radius 3 is 2.41 bits per heavy atom. The Morgan fingerprint density at radius 2 is 1.88 bits per heavy atom. The van der Waals surface area contributed by atoms with E-state index in [9.17, 15) is 4.79 Å². The predicted octanol–water partition coefficient (Wildman–Crippen LogP) is 4.26. The van der Waals surface area contributed by atoms with Gasteiger partial charge in [0, 0.05) is 0 Å². The lowest BCUT2D eigenvalue weighted by molar-refractivity contribution is -0.143. The van der Waals surface area contributed by atoms with Gasteiger partial charge in [-0.1, -0.05) is 58.1 Å². The summed E-state index contributed by atoms with van der Waals surface area (Å²) in [4.78, 5) is 11.0. The molecule has 0 saturated heterocycles. The van der Waals surface area contributed by atoms with Crippen molar-refractivity contribution in [2.45, 2.75) is 58.8 Å². The molecule has 1 aliphatic rings. The third-order valence-corrected chi connectivity index (χ3v) is 3.87. The van der Waals surface area contributed by atoms with E-state index in [0.29, 0.717) is 6.42 Å². The molecule has 0 heterocycles. The maximum Gasteiger partial charge on any atom is 0.307 e. The fourth-order valence-corrected chi connectivity index (χ4v) is 2.61. The summed E-state index contributed by atoms with van der Waals surface area (Å²) in [6.07, 6.45) is 13.0. The molecule has 1 fully saturated rings. The molecule has 0 bridgehead atoms. The van der Waals surface area contributed by atoms with Crippen LogP contribution in [0.1, 0.15) is 58.8 Å². The van der Waals surface area contributed by atoms with E-state index in [0.717, 1.165) is 12.3 Å². The van der Waals surface area contributed by atoms with E-state index in [1.807, 2.05) is 13.8 Å². The Hall–Kier alpha value is -0.790. The molecule has 1 rings (SSSR count). The number of carboxylic acids is 1. The van der Waals surface area contributed by atoms with E-state index in [1.54, 1.807) is 0 Å². The van der Waals surface area contributed by atoms with Crippen molar-refractivity contribution in [3.8, 4) is 0 Å². The molecule has 1 saturated carbocycles. The highest BCUT2D eigenvalue weighted by Crippen LogP contribution is 2.26. The predicted molar refractivity (Wildman–Crippen MR) is 70.9 cm³/mol. The van der Waals surface area contributed by atoms with Crippen molar-refractivity contribution in [3.63, 3.8) is 0 Å². The summed E-state index contributed by atoms with van der Waals surface area (Å²) in [7, 11) is 0. The van der Waals surface area contributed by atoms with Gasteiger partial charge in [-0.3, -0.25) is 4.79 Å². The second-order valence-corrected chi connectivity index (χ2v) is 5.64. The summed E-state index contributed by atoms with van der Waals surface area (Å²) in [6.45, 7) is 3.96. The Balaban J connectivity index is 2.25. The highest BCUT2D eigenvalue weighted by Gasteiger charge is 2.19. The minimum atomic E-state index is -0.665.